The van der Waals surface area contributed by atoms with Crippen LogP contribution in [0.3, 0.4) is 0 Å². The van der Waals surface area contributed by atoms with Crippen LogP contribution in [0.25, 0.3) is 11.0 Å². The average Bonchev–Trinajstić information content (AvgIpc) is 2.45. The molecule has 0 saturated carbocycles. The fraction of sp³-hybridized carbons (Fsp3) is 0.375. The molecule has 1 heterocycles. The van der Waals surface area contributed by atoms with Crippen LogP contribution in [0.15, 0.2) is 33.5 Å². The lowest BCUT2D eigenvalue weighted by Gasteiger charge is -2.23. The van der Waals surface area contributed by atoms with Crippen molar-refractivity contribution in [1.82, 2.24) is 0 Å². The number of aldehydes is 1. The van der Waals surface area contributed by atoms with Gasteiger partial charge in [-0.25, -0.2) is 4.79 Å². The quantitative estimate of drug-likeness (QED) is 0.599. The van der Waals surface area contributed by atoms with Crippen LogP contribution in [0.5, 0.6) is 0 Å². The highest BCUT2D eigenvalue weighted by molar-refractivity contribution is 5.86. The minimum absolute atomic E-state index is 0.0595. The lowest BCUT2D eigenvalue weighted by atomic mass is 10.1. The summed E-state index contributed by atoms with van der Waals surface area (Å²) in [4.78, 5) is 24.6. The van der Waals surface area contributed by atoms with Crippen molar-refractivity contribution in [3.8, 4) is 0 Å². The van der Waals surface area contributed by atoms with Gasteiger partial charge in [0, 0.05) is 30.2 Å². The molecule has 0 aliphatic heterocycles. The van der Waals surface area contributed by atoms with Crippen LogP contribution in [0.4, 0.5) is 5.69 Å². The van der Waals surface area contributed by atoms with Crippen molar-refractivity contribution >= 4 is 22.9 Å². The van der Waals surface area contributed by atoms with E-state index in [4.69, 9.17) is 4.42 Å². The van der Waals surface area contributed by atoms with Gasteiger partial charge in [-0.3, -0.25) is 4.79 Å². The number of hydrogen-bond acceptors (Lipinski definition) is 4. The Balaban J connectivity index is 2.47. The van der Waals surface area contributed by atoms with Gasteiger partial charge in [0.25, 0.3) is 0 Å². The van der Waals surface area contributed by atoms with Crippen LogP contribution in [0.1, 0.15) is 37.0 Å². The number of anilines is 1. The molecule has 0 aliphatic rings. The molecule has 0 amide bonds. The number of hydrogen-bond donors (Lipinski definition) is 0. The molecule has 1 aromatic heterocycles. The number of carbonyl (C=O) groups excluding carboxylic acids is 1. The Hall–Kier alpha value is -2.10. The molecule has 4 nitrogen and oxygen atoms in total. The molecule has 0 saturated heterocycles. The first-order valence-corrected chi connectivity index (χ1v) is 6.97. The average molecular weight is 273 g/mol. The zero-order chi connectivity index (χ0) is 14.5. The summed E-state index contributed by atoms with van der Waals surface area (Å²) in [7, 11) is 0. The first-order valence-electron chi connectivity index (χ1n) is 6.97. The van der Waals surface area contributed by atoms with Gasteiger partial charge in [0.15, 0.2) is 6.29 Å². The Labute approximate surface area is 118 Å². The van der Waals surface area contributed by atoms with E-state index in [0.29, 0.717) is 11.9 Å². The molecule has 0 bridgehead atoms. The smallest absolute Gasteiger partial charge is 0.346 e. The summed E-state index contributed by atoms with van der Waals surface area (Å²) in [5.74, 6) is 0. The molecule has 0 aliphatic carbocycles. The number of benzene rings is 1. The Morgan fingerprint density at radius 1 is 1.15 bits per heavy atom. The van der Waals surface area contributed by atoms with Gasteiger partial charge in [-0.2, -0.15) is 0 Å². The van der Waals surface area contributed by atoms with Gasteiger partial charge in [0.2, 0.25) is 0 Å². The third-order valence-corrected chi connectivity index (χ3v) is 3.23. The zero-order valence-corrected chi connectivity index (χ0v) is 11.9. The van der Waals surface area contributed by atoms with Crippen LogP contribution in [0.2, 0.25) is 0 Å². The van der Waals surface area contributed by atoms with E-state index in [0.717, 1.165) is 37.0 Å². The fourth-order valence-corrected chi connectivity index (χ4v) is 2.30. The van der Waals surface area contributed by atoms with Crippen molar-refractivity contribution < 1.29 is 9.21 Å². The van der Waals surface area contributed by atoms with Crippen LogP contribution < -0.4 is 10.5 Å². The Bertz CT molecular complexity index is 654. The van der Waals surface area contributed by atoms with Crippen molar-refractivity contribution in [1.29, 1.82) is 0 Å². The highest BCUT2D eigenvalue weighted by atomic mass is 16.4. The maximum absolute atomic E-state index is 11.6. The van der Waals surface area contributed by atoms with Crippen LogP contribution in [-0.2, 0) is 0 Å². The van der Waals surface area contributed by atoms with E-state index in [2.05, 4.69) is 18.7 Å². The summed E-state index contributed by atoms with van der Waals surface area (Å²) < 4.78 is 5.22. The molecule has 0 spiro atoms. The van der Waals surface area contributed by atoms with Crippen molar-refractivity contribution in [2.24, 2.45) is 0 Å². The van der Waals surface area contributed by atoms with Gasteiger partial charge < -0.3 is 9.32 Å². The first-order chi connectivity index (χ1) is 9.69. The van der Waals surface area contributed by atoms with Crippen molar-refractivity contribution in [3.05, 3.63) is 40.2 Å². The highest BCUT2D eigenvalue weighted by Crippen LogP contribution is 2.22. The molecule has 20 heavy (non-hydrogen) atoms. The van der Waals surface area contributed by atoms with Gasteiger partial charge in [-0.1, -0.05) is 13.8 Å². The third-order valence-electron chi connectivity index (χ3n) is 3.23. The number of nitrogens with zero attached hydrogens (tertiary/aromatic N) is 1. The molecule has 0 atom stereocenters. The van der Waals surface area contributed by atoms with Crippen LogP contribution in [0, 0.1) is 0 Å². The lowest BCUT2D eigenvalue weighted by molar-refractivity contribution is 0.112. The molecule has 0 fully saturated rings. The van der Waals surface area contributed by atoms with Crippen molar-refractivity contribution in [2.45, 2.75) is 26.7 Å². The normalized spacial score (nSPS) is 10.7. The predicted molar refractivity (Wildman–Crippen MR) is 80.7 cm³/mol. The van der Waals surface area contributed by atoms with E-state index in [1.807, 2.05) is 18.2 Å². The molecule has 1 aromatic carbocycles. The number of rotatable bonds is 6. The van der Waals surface area contributed by atoms with Crippen molar-refractivity contribution in [2.75, 3.05) is 18.0 Å². The predicted octanol–water partition coefficient (Wildman–Crippen LogP) is 3.23. The van der Waals surface area contributed by atoms with Gasteiger partial charge in [0.05, 0.1) is 0 Å². The van der Waals surface area contributed by atoms with E-state index >= 15 is 0 Å². The Morgan fingerprint density at radius 3 is 2.45 bits per heavy atom. The zero-order valence-electron chi connectivity index (χ0n) is 11.9. The summed E-state index contributed by atoms with van der Waals surface area (Å²) >= 11 is 0. The van der Waals surface area contributed by atoms with E-state index in [-0.39, 0.29) is 5.56 Å². The Kier molecular flexibility index (Phi) is 4.56. The highest BCUT2D eigenvalue weighted by Gasteiger charge is 2.08. The molecule has 0 radical (unpaired) electrons. The van der Waals surface area contributed by atoms with E-state index < -0.39 is 5.63 Å². The fourth-order valence-electron chi connectivity index (χ4n) is 2.30. The number of fused-ring (bicyclic) bond motifs is 1. The first kappa shape index (κ1) is 14.3. The third kappa shape index (κ3) is 2.90. The molecule has 4 heteroatoms. The monoisotopic (exact) mass is 273 g/mol. The minimum atomic E-state index is -0.581. The summed E-state index contributed by atoms with van der Waals surface area (Å²) in [5.41, 5.74) is 1.05. The summed E-state index contributed by atoms with van der Waals surface area (Å²) in [6, 6.07) is 7.33. The van der Waals surface area contributed by atoms with E-state index in [1.165, 1.54) is 0 Å². The molecule has 2 aromatic rings. The largest absolute Gasteiger partial charge is 0.422 e. The number of carbonyl (C=O) groups is 1. The summed E-state index contributed by atoms with van der Waals surface area (Å²) in [5, 5.41) is 0.767. The molecule has 0 unspecified atom stereocenters. The van der Waals surface area contributed by atoms with Gasteiger partial charge in [0.1, 0.15) is 11.1 Å². The minimum Gasteiger partial charge on any atom is -0.422 e. The lowest BCUT2D eigenvalue weighted by Crippen LogP contribution is -2.24. The topological polar surface area (TPSA) is 50.5 Å². The molecule has 2 rings (SSSR count). The van der Waals surface area contributed by atoms with Crippen molar-refractivity contribution in [3.63, 3.8) is 0 Å². The second-order valence-corrected chi connectivity index (χ2v) is 4.82. The van der Waals surface area contributed by atoms with Gasteiger partial charge in [-0.15, -0.1) is 0 Å². The molecular formula is C16H19NO3. The van der Waals surface area contributed by atoms with Gasteiger partial charge >= 0.3 is 5.63 Å². The maximum atomic E-state index is 11.6. The standard InChI is InChI=1S/C16H19NO3/c1-3-7-17(8-4-2)14-6-5-12-9-13(11-18)16(19)20-15(12)10-14/h5-6,9-11H,3-4,7-8H2,1-2H3. The van der Waals surface area contributed by atoms with Crippen LogP contribution >= 0.6 is 0 Å². The van der Waals surface area contributed by atoms with Gasteiger partial charge in [-0.05, 0) is 31.0 Å². The molecule has 0 N–H and O–H groups in total. The second-order valence-electron chi connectivity index (χ2n) is 4.82. The summed E-state index contributed by atoms with van der Waals surface area (Å²) in [6.45, 7) is 6.21. The second kappa shape index (κ2) is 6.37. The van der Waals surface area contributed by atoms with E-state index in [9.17, 15) is 9.59 Å². The Morgan fingerprint density at radius 2 is 1.85 bits per heavy atom. The molecular weight excluding hydrogens is 254 g/mol. The van der Waals surface area contributed by atoms with Crippen LogP contribution in [-0.4, -0.2) is 19.4 Å². The van der Waals surface area contributed by atoms with E-state index in [1.54, 1.807) is 6.07 Å². The molecule has 106 valence electrons. The SMILES string of the molecule is CCCN(CCC)c1ccc2cc(C=O)c(=O)oc2c1. The summed E-state index contributed by atoms with van der Waals surface area (Å²) in [6.07, 6.45) is 2.65. The maximum Gasteiger partial charge on any atom is 0.346 e.